The molecule has 1 N–H and O–H groups in total. The van der Waals surface area contributed by atoms with Gasteiger partial charge >= 0.3 is 31.1 Å². The molecule has 0 aliphatic carbocycles. The van der Waals surface area contributed by atoms with Crippen molar-refractivity contribution in [1.29, 1.82) is 0 Å². The fraction of sp³-hybridized carbons (Fsp3) is 0.600. The van der Waals surface area contributed by atoms with Gasteiger partial charge in [-0.1, -0.05) is 23.2 Å². The zero-order valence-corrected chi connectivity index (χ0v) is 13.7. The maximum atomic E-state index is 11.5. The van der Waals surface area contributed by atoms with Crippen LogP contribution in [0.15, 0.2) is 24.4 Å². The summed E-state index contributed by atoms with van der Waals surface area (Å²) in [5, 5.41) is 0. The van der Waals surface area contributed by atoms with Gasteiger partial charge in [0.05, 0.1) is 0 Å². The third kappa shape index (κ3) is 7.09. The molecule has 6 nitrogen and oxygen atoms in total. The zero-order chi connectivity index (χ0) is 19.2. The summed E-state index contributed by atoms with van der Waals surface area (Å²) in [5.74, 6) is 0. The van der Waals surface area contributed by atoms with Crippen molar-refractivity contribution < 1.29 is 43.2 Å². The third-order valence-corrected chi connectivity index (χ3v) is 5.20. The standard InChI is InChI=1S/C8H13N.C2HF6NO4S2/c1-2-6-9-7-4-3-5-8-9;3-1(4,5)14(10,11)9-15(12,13)2(6,7)8/h3-5,7H,2,6,8H2,1H3;9H. The van der Waals surface area contributed by atoms with Crippen LogP contribution in [0.1, 0.15) is 13.3 Å². The number of alkyl halides is 6. The minimum absolute atomic E-state index is 0.493. The zero-order valence-electron chi connectivity index (χ0n) is 12.1. The number of hydrogen-bond acceptors (Lipinski definition) is 5. The number of halogens is 6. The first kappa shape index (κ1) is 22.7. The lowest BCUT2D eigenvalue weighted by Gasteiger charge is -2.18. The van der Waals surface area contributed by atoms with Crippen molar-refractivity contribution in [2.75, 3.05) is 13.1 Å². The van der Waals surface area contributed by atoms with E-state index in [1.54, 1.807) is 0 Å². The molecule has 1 aliphatic heterocycles. The van der Waals surface area contributed by atoms with Crippen LogP contribution in [0.25, 0.3) is 0 Å². The van der Waals surface area contributed by atoms with E-state index in [0.717, 1.165) is 6.54 Å². The maximum absolute atomic E-state index is 11.5. The van der Waals surface area contributed by atoms with Crippen LogP contribution in [0.2, 0.25) is 0 Å². The highest BCUT2D eigenvalue weighted by Crippen LogP contribution is 2.27. The predicted molar refractivity (Wildman–Crippen MR) is 73.2 cm³/mol. The molecule has 0 atom stereocenters. The molecule has 0 saturated carbocycles. The highest BCUT2D eigenvalue weighted by atomic mass is 32.3. The lowest BCUT2D eigenvalue weighted by Crippen LogP contribution is -2.45. The van der Waals surface area contributed by atoms with Gasteiger partial charge in [0.2, 0.25) is 0 Å². The molecule has 0 bridgehead atoms. The summed E-state index contributed by atoms with van der Waals surface area (Å²) in [6, 6.07) is 0. The average molecular weight is 404 g/mol. The van der Waals surface area contributed by atoms with Gasteiger partial charge in [-0.25, -0.2) is 16.8 Å². The van der Waals surface area contributed by atoms with Crippen molar-refractivity contribution in [1.82, 2.24) is 9.03 Å². The summed E-state index contributed by atoms with van der Waals surface area (Å²) in [5.41, 5.74) is -12.3. The van der Waals surface area contributed by atoms with E-state index in [4.69, 9.17) is 0 Å². The lowest BCUT2D eigenvalue weighted by molar-refractivity contribution is -0.0476. The summed E-state index contributed by atoms with van der Waals surface area (Å²) in [6.07, 6.45) is 9.72. The molecular formula is C10H14F6N2O4S2. The van der Waals surface area contributed by atoms with Crippen LogP contribution in [0.3, 0.4) is 0 Å². The molecule has 1 rings (SSSR count). The van der Waals surface area contributed by atoms with Gasteiger partial charge in [0.15, 0.2) is 0 Å². The van der Waals surface area contributed by atoms with Crippen molar-refractivity contribution in [2.45, 2.75) is 24.4 Å². The second-order valence-corrected chi connectivity index (χ2v) is 7.85. The molecule has 1 heterocycles. The first-order chi connectivity index (χ1) is 10.6. The topological polar surface area (TPSA) is 83.6 Å². The summed E-state index contributed by atoms with van der Waals surface area (Å²) >= 11 is 0. The number of sulfonamides is 2. The third-order valence-electron chi connectivity index (χ3n) is 2.22. The molecule has 0 spiro atoms. The van der Waals surface area contributed by atoms with E-state index in [0.29, 0.717) is 0 Å². The van der Waals surface area contributed by atoms with Gasteiger partial charge in [-0.3, -0.25) is 0 Å². The molecule has 14 heteroatoms. The Bertz CT molecular complexity index is 622. The first-order valence-electron chi connectivity index (χ1n) is 6.12. The Kier molecular flexibility index (Phi) is 7.76. The van der Waals surface area contributed by atoms with Crippen molar-refractivity contribution in [3.63, 3.8) is 0 Å². The summed E-state index contributed by atoms with van der Waals surface area (Å²) in [4.78, 5) is 2.31. The van der Waals surface area contributed by atoms with Gasteiger partial charge in [0.25, 0.3) is 0 Å². The van der Waals surface area contributed by atoms with E-state index >= 15 is 0 Å². The molecule has 0 aromatic heterocycles. The Morgan fingerprint density at radius 3 is 1.71 bits per heavy atom. The number of allylic oxidation sites excluding steroid dienone is 2. The largest absolute Gasteiger partial charge is 0.512 e. The lowest BCUT2D eigenvalue weighted by atomic mass is 10.3. The van der Waals surface area contributed by atoms with Gasteiger partial charge in [-0.15, -0.1) is 0 Å². The van der Waals surface area contributed by atoms with Crippen molar-refractivity contribution in [3.05, 3.63) is 24.4 Å². The molecule has 0 radical (unpaired) electrons. The van der Waals surface area contributed by atoms with E-state index < -0.39 is 35.2 Å². The van der Waals surface area contributed by atoms with E-state index in [9.17, 15) is 43.2 Å². The normalized spacial score (nSPS) is 15.9. The van der Waals surface area contributed by atoms with Crippen molar-refractivity contribution in [2.24, 2.45) is 0 Å². The summed E-state index contributed by atoms with van der Waals surface area (Å²) in [6.45, 7) is 4.47. The average Bonchev–Trinajstić information content (AvgIpc) is 2.37. The molecule has 24 heavy (non-hydrogen) atoms. The Labute approximate surface area is 134 Å². The van der Waals surface area contributed by atoms with Gasteiger partial charge in [-0.2, -0.15) is 26.3 Å². The van der Waals surface area contributed by atoms with Crippen LogP contribution >= 0.6 is 0 Å². The van der Waals surface area contributed by atoms with Crippen LogP contribution in [-0.2, 0) is 20.0 Å². The number of nitrogens with zero attached hydrogens (tertiary/aromatic N) is 1. The summed E-state index contributed by atoms with van der Waals surface area (Å²) < 4.78 is 108. The van der Waals surface area contributed by atoms with E-state index in [1.807, 2.05) is 0 Å². The Morgan fingerprint density at radius 1 is 0.958 bits per heavy atom. The molecule has 0 amide bonds. The Hall–Kier alpha value is -1.28. The fourth-order valence-electron chi connectivity index (χ4n) is 1.20. The fourth-order valence-corrected chi connectivity index (χ4v) is 3.11. The van der Waals surface area contributed by atoms with E-state index in [-0.39, 0.29) is 0 Å². The molecule has 0 aromatic rings. The van der Waals surface area contributed by atoms with Crippen LogP contribution in [0, 0.1) is 0 Å². The SMILES string of the molecule is CCCN1C=CC=CC1.O=S(=O)(NS(=O)(=O)C(F)(F)F)C(F)(F)F. The van der Waals surface area contributed by atoms with Crippen molar-refractivity contribution >= 4 is 20.0 Å². The predicted octanol–water partition coefficient (Wildman–Crippen LogP) is 2.06. The molecular weight excluding hydrogens is 390 g/mol. The highest BCUT2D eigenvalue weighted by Gasteiger charge is 2.55. The van der Waals surface area contributed by atoms with Crippen LogP contribution in [-0.4, -0.2) is 45.8 Å². The smallest absolute Gasteiger partial charge is 0.374 e. The monoisotopic (exact) mass is 404 g/mol. The molecule has 0 saturated heterocycles. The van der Waals surface area contributed by atoms with E-state index in [1.165, 1.54) is 13.0 Å². The number of nitrogens with one attached hydrogen (secondary N) is 1. The Balaban J connectivity index is 0.000000496. The number of hydrogen-bond donors (Lipinski definition) is 1. The minimum atomic E-state index is -6.60. The molecule has 142 valence electrons. The van der Waals surface area contributed by atoms with E-state index in [2.05, 4.69) is 36.3 Å². The van der Waals surface area contributed by atoms with Gasteiger partial charge < -0.3 is 4.90 Å². The van der Waals surface area contributed by atoms with Gasteiger partial charge in [-0.05, 0) is 18.7 Å². The molecule has 0 aromatic carbocycles. The van der Waals surface area contributed by atoms with Gasteiger partial charge in [0.1, 0.15) is 0 Å². The second-order valence-electron chi connectivity index (χ2n) is 4.25. The van der Waals surface area contributed by atoms with Crippen LogP contribution in [0.5, 0.6) is 0 Å². The quantitative estimate of drug-likeness (QED) is 0.726. The van der Waals surface area contributed by atoms with Crippen LogP contribution in [0.4, 0.5) is 26.3 Å². The number of rotatable bonds is 4. The molecule has 1 aliphatic rings. The molecule has 0 unspecified atom stereocenters. The Morgan fingerprint density at radius 2 is 1.42 bits per heavy atom. The second kappa shape index (κ2) is 8.20. The van der Waals surface area contributed by atoms with Gasteiger partial charge in [0, 0.05) is 13.1 Å². The maximum Gasteiger partial charge on any atom is 0.512 e. The minimum Gasteiger partial charge on any atom is -0.374 e. The van der Waals surface area contributed by atoms with Crippen molar-refractivity contribution in [3.8, 4) is 0 Å². The first-order valence-corrected chi connectivity index (χ1v) is 9.09. The molecule has 0 fully saturated rings. The summed E-state index contributed by atoms with van der Waals surface area (Å²) in [7, 11) is -13.2. The van der Waals surface area contributed by atoms with Crippen LogP contribution < -0.4 is 4.13 Å². The highest BCUT2D eigenvalue weighted by molar-refractivity contribution is 8.05.